The van der Waals surface area contributed by atoms with Gasteiger partial charge in [0.2, 0.25) is 0 Å². The van der Waals surface area contributed by atoms with Gasteiger partial charge >= 0.3 is 6.03 Å². The van der Waals surface area contributed by atoms with Gasteiger partial charge in [0.05, 0.1) is 6.10 Å². The van der Waals surface area contributed by atoms with E-state index in [0.717, 1.165) is 12.8 Å². The lowest BCUT2D eigenvalue weighted by Crippen LogP contribution is -2.54. The van der Waals surface area contributed by atoms with Crippen LogP contribution in [0.25, 0.3) is 0 Å². The fourth-order valence-electron chi connectivity index (χ4n) is 2.66. The Labute approximate surface area is 119 Å². The molecule has 0 bridgehead atoms. The lowest BCUT2D eigenvalue weighted by molar-refractivity contribution is -0.144. The topological polar surface area (TPSA) is 87.9 Å². The fraction of sp³-hybridized carbons (Fsp3) is 0.846. The van der Waals surface area contributed by atoms with Gasteiger partial charge in [0.25, 0.3) is 5.91 Å². The quantitative estimate of drug-likeness (QED) is 0.722. The maximum Gasteiger partial charge on any atom is 0.317 e. The summed E-state index contributed by atoms with van der Waals surface area (Å²) in [5.74, 6) is 0.0384. The third kappa shape index (κ3) is 3.40. The van der Waals surface area contributed by atoms with Crippen molar-refractivity contribution >= 4 is 11.9 Å². The van der Waals surface area contributed by atoms with Gasteiger partial charge < -0.3 is 25.6 Å². The van der Waals surface area contributed by atoms with Crippen molar-refractivity contribution in [2.24, 2.45) is 5.73 Å². The number of rotatable bonds is 3. The Morgan fingerprint density at radius 1 is 1.20 bits per heavy atom. The summed E-state index contributed by atoms with van der Waals surface area (Å²) in [6.45, 7) is 5.27. The highest BCUT2D eigenvalue weighted by molar-refractivity contribution is 5.81. The standard InChI is InChI=1S/C13H24N4O3/c1-2-15-13(19)17-7-5-16(6-8-17)12(18)11-4-3-10(9-14)20-11/h10-11H,2-9,14H2,1H3,(H,15,19). The molecule has 0 aliphatic carbocycles. The normalized spacial score (nSPS) is 26.7. The number of urea groups is 1. The summed E-state index contributed by atoms with van der Waals surface area (Å²) in [4.78, 5) is 27.5. The molecule has 0 aromatic carbocycles. The minimum atomic E-state index is -0.348. The summed E-state index contributed by atoms with van der Waals surface area (Å²) in [5, 5.41) is 2.77. The zero-order valence-corrected chi connectivity index (χ0v) is 12.0. The molecule has 7 heteroatoms. The molecular weight excluding hydrogens is 260 g/mol. The van der Waals surface area contributed by atoms with E-state index >= 15 is 0 Å². The monoisotopic (exact) mass is 284 g/mol. The molecule has 0 saturated carbocycles. The van der Waals surface area contributed by atoms with Gasteiger partial charge in [-0.3, -0.25) is 4.79 Å². The van der Waals surface area contributed by atoms with Crippen molar-refractivity contribution in [1.29, 1.82) is 0 Å². The number of nitrogens with one attached hydrogen (secondary N) is 1. The lowest BCUT2D eigenvalue weighted by atomic mass is 10.1. The number of nitrogens with two attached hydrogens (primary N) is 1. The summed E-state index contributed by atoms with van der Waals surface area (Å²) in [6, 6.07) is -0.0556. The van der Waals surface area contributed by atoms with Gasteiger partial charge in [-0.25, -0.2) is 4.79 Å². The van der Waals surface area contributed by atoms with Crippen LogP contribution >= 0.6 is 0 Å². The Kier molecular flexibility index (Phi) is 5.19. The Bertz CT molecular complexity index is 356. The molecule has 2 atom stereocenters. The van der Waals surface area contributed by atoms with Gasteiger partial charge in [-0.2, -0.15) is 0 Å². The van der Waals surface area contributed by atoms with Crippen LogP contribution in [0.15, 0.2) is 0 Å². The summed E-state index contributed by atoms with van der Waals surface area (Å²) < 4.78 is 5.63. The summed E-state index contributed by atoms with van der Waals surface area (Å²) >= 11 is 0. The minimum absolute atomic E-state index is 0.0144. The number of hydrogen-bond acceptors (Lipinski definition) is 4. The predicted octanol–water partition coefficient (Wildman–Crippen LogP) is -0.634. The van der Waals surface area contributed by atoms with Crippen molar-refractivity contribution < 1.29 is 14.3 Å². The predicted molar refractivity (Wildman–Crippen MR) is 74.2 cm³/mol. The van der Waals surface area contributed by atoms with E-state index in [1.807, 2.05) is 6.92 Å². The number of hydrogen-bond donors (Lipinski definition) is 2. The number of piperazine rings is 1. The van der Waals surface area contributed by atoms with E-state index in [1.165, 1.54) is 0 Å². The molecule has 2 heterocycles. The van der Waals surface area contributed by atoms with E-state index in [2.05, 4.69) is 5.32 Å². The Morgan fingerprint density at radius 2 is 1.85 bits per heavy atom. The lowest BCUT2D eigenvalue weighted by Gasteiger charge is -2.35. The average molecular weight is 284 g/mol. The maximum absolute atomic E-state index is 12.3. The smallest absolute Gasteiger partial charge is 0.317 e. The van der Waals surface area contributed by atoms with Crippen molar-refractivity contribution in [3.63, 3.8) is 0 Å². The van der Waals surface area contributed by atoms with E-state index in [4.69, 9.17) is 10.5 Å². The van der Waals surface area contributed by atoms with Crippen molar-refractivity contribution in [2.75, 3.05) is 39.3 Å². The van der Waals surface area contributed by atoms with Crippen LogP contribution in [0.2, 0.25) is 0 Å². The molecule has 7 nitrogen and oxygen atoms in total. The van der Waals surface area contributed by atoms with E-state index in [0.29, 0.717) is 39.3 Å². The largest absolute Gasteiger partial charge is 0.364 e. The number of amides is 3. The van der Waals surface area contributed by atoms with E-state index in [9.17, 15) is 9.59 Å². The van der Waals surface area contributed by atoms with Gasteiger partial charge in [0.1, 0.15) is 6.10 Å². The van der Waals surface area contributed by atoms with Crippen molar-refractivity contribution in [2.45, 2.75) is 32.0 Å². The second kappa shape index (κ2) is 6.90. The molecule has 0 spiro atoms. The number of ether oxygens (including phenoxy) is 1. The molecule has 0 aromatic heterocycles. The third-order valence-electron chi connectivity index (χ3n) is 3.85. The molecular formula is C13H24N4O3. The van der Waals surface area contributed by atoms with Crippen molar-refractivity contribution in [1.82, 2.24) is 15.1 Å². The first-order chi connectivity index (χ1) is 9.65. The van der Waals surface area contributed by atoms with Crippen LogP contribution < -0.4 is 11.1 Å². The fourth-order valence-corrected chi connectivity index (χ4v) is 2.66. The SMILES string of the molecule is CCNC(=O)N1CCN(C(=O)C2CCC(CN)O2)CC1. The molecule has 114 valence electrons. The summed E-state index contributed by atoms with van der Waals surface area (Å²) in [6.07, 6.45) is 1.27. The Morgan fingerprint density at radius 3 is 2.40 bits per heavy atom. The van der Waals surface area contributed by atoms with Gasteiger partial charge in [-0.15, -0.1) is 0 Å². The molecule has 2 fully saturated rings. The van der Waals surface area contributed by atoms with Crippen molar-refractivity contribution in [3.8, 4) is 0 Å². The highest BCUT2D eigenvalue weighted by atomic mass is 16.5. The van der Waals surface area contributed by atoms with Gasteiger partial charge in [0.15, 0.2) is 0 Å². The van der Waals surface area contributed by atoms with Gasteiger partial charge in [-0.05, 0) is 19.8 Å². The highest BCUT2D eigenvalue weighted by Crippen LogP contribution is 2.21. The molecule has 2 unspecified atom stereocenters. The van der Waals surface area contributed by atoms with Crippen molar-refractivity contribution in [3.05, 3.63) is 0 Å². The Hall–Kier alpha value is -1.34. The van der Waals surface area contributed by atoms with E-state index in [1.54, 1.807) is 9.80 Å². The number of nitrogens with zero attached hydrogens (tertiary/aromatic N) is 2. The second-order valence-electron chi connectivity index (χ2n) is 5.21. The third-order valence-corrected chi connectivity index (χ3v) is 3.85. The average Bonchev–Trinajstić information content (AvgIpc) is 2.96. The molecule has 3 amide bonds. The Balaban J connectivity index is 1.79. The highest BCUT2D eigenvalue weighted by Gasteiger charge is 2.34. The van der Waals surface area contributed by atoms with Crippen LogP contribution in [0.1, 0.15) is 19.8 Å². The molecule has 2 aliphatic rings. The molecule has 0 aromatic rings. The molecule has 20 heavy (non-hydrogen) atoms. The first-order valence-corrected chi connectivity index (χ1v) is 7.32. The van der Waals surface area contributed by atoms with E-state index in [-0.39, 0.29) is 24.1 Å². The van der Waals surface area contributed by atoms with Crippen LogP contribution in [-0.2, 0) is 9.53 Å². The first kappa shape index (κ1) is 15.1. The first-order valence-electron chi connectivity index (χ1n) is 7.32. The van der Waals surface area contributed by atoms with E-state index < -0.39 is 0 Å². The zero-order valence-electron chi connectivity index (χ0n) is 12.0. The summed E-state index contributed by atoms with van der Waals surface area (Å²) in [7, 11) is 0. The molecule has 2 rings (SSSR count). The number of carbonyl (C=O) groups is 2. The van der Waals surface area contributed by atoms with Crippen LogP contribution in [0, 0.1) is 0 Å². The van der Waals surface area contributed by atoms with Crippen LogP contribution in [0.5, 0.6) is 0 Å². The molecule has 3 N–H and O–H groups in total. The zero-order chi connectivity index (χ0) is 14.5. The van der Waals surface area contributed by atoms with Crippen LogP contribution in [0.3, 0.4) is 0 Å². The summed E-state index contributed by atoms with van der Waals surface area (Å²) in [5.41, 5.74) is 5.55. The molecule has 0 radical (unpaired) electrons. The van der Waals surface area contributed by atoms with Gasteiger partial charge in [0, 0.05) is 39.3 Å². The molecule has 2 saturated heterocycles. The van der Waals surface area contributed by atoms with Crippen LogP contribution in [-0.4, -0.2) is 73.2 Å². The maximum atomic E-state index is 12.3. The van der Waals surface area contributed by atoms with Gasteiger partial charge in [-0.1, -0.05) is 0 Å². The van der Waals surface area contributed by atoms with Crippen LogP contribution in [0.4, 0.5) is 4.79 Å². The number of carbonyl (C=O) groups excluding carboxylic acids is 2. The minimum Gasteiger partial charge on any atom is -0.364 e. The molecule has 2 aliphatic heterocycles. The second-order valence-corrected chi connectivity index (χ2v) is 5.21.